The summed E-state index contributed by atoms with van der Waals surface area (Å²) in [4.78, 5) is 11.5. The van der Waals surface area contributed by atoms with Crippen LogP contribution >= 0.6 is 0 Å². The topological polar surface area (TPSA) is 58.4 Å². The van der Waals surface area contributed by atoms with Crippen molar-refractivity contribution in [2.45, 2.75) is 25.7 Å². The lowest BCUT2D eigenvalue weighted by Gasteiger charge is -2.45. The van der Waals surface area contributed by atoms with Crippen molar-refractivity contribution in [3.05, 3.63) is 66.7 Å². The largest absolute Gasteiger partial charge is 0.355 e. The molecule has 0 atom stereocenters. The van der Waals surface area contributed by atoms with E-state index >= 15 is 0 Å². The summed E-state index contributed by atoms with van der Waals surface area (Å²) < 4.78 is 15.5. The fourth-order valence-electron chi connectivity index (χ4n) is 5.44. The Labute approximate surface area is 192 Å². The molecule has 6 nitrogen and oxygen atoms in total. The van der Waals surface area contributed by atoms with Crippen LogP contribution in [0, 0.1) is 11.2 Å². The molecule has 0 radical (unpaired) electrons. The molecule has 2 aliphatic rings. The van der Waals surface area contributed by atoms with E-state index in [4.69, 9.17) is 10.1 Å². The van der Waals surface area contributed by atoms with Gasteiger partial charge in [0, 0.05) is 36.6 Å². The van der Waals surface area contributed by atoms with Crippen LogP contribution in [0.1, 0.15) is 25.7 Å². The minimum atomic E-state index is -0.259. The summed E-state index contributed by atoms with van der Waals surface area (Å²) in [6.07, 6.45) is 8.51. The van der Waals surface area contributed by atoms with Crippen molar-refractivity contribution in [2.24, 2.45) is 5.41 Å². The number of hydrogen-bond acceptors (Lipinski definition) is 5. The van der Waals surface area contributed by atoms with Gasteiger partial charge in [-0.05, 0) is 92.7 Å². The summed E-state index contributed by atoms with van der Waals surface area (Å²) in [5.41, 5.74) is 4.70. The van der Waals surface area contributed by atoms with Crippen molar-refractivity contribution >= 4 is 11.5 Å². The van der Waals surface area contributed by atoms with Gasteiger partial charge in [0.25, 0.3) is 0 Å². The number of benzene rings is 1. The van der Waals surface area contributed by atoms with Gasteiger partial charge in [-0.25, -0.2) is 13.9 Å². The van der Waals surface area contributed by atoms with Crippen LogP contribution in [0.15, 0.2) is 60.9 Å². The molecule has 3 aromatic heterocycles. The van der Waals surface area contributed by atoms with Gasteiger partial charge in [-0.15, -0.1) is 5.10 Å². The van der Waals surface area contributed by atoms with Gasteiger partial charge in [-0.2, -0.15) is 0 Å². The number of aromatic nitrogens is 4. The van der Waals surface area contributed by atoms with E-state index in [9.17, 15) is 4.39 Å². The normalized spacial score (nSPS) is 18.2. The zero-order valence-corrected chi connectivity index (χ0v) is 18.5. The van der Waals surface area contributed by atoms with Gasteiger partial charge < -0.3 is 10.2 Å². The Bertz CT molecular complexity index is 1260. The summed E-state index contributed by atoms with van der Waals surface area (Å²) in [5, 5.41) is 8.59. The Hall–Kier alpha value is -3.32. The first-order valence-electron chi connectivity index (χ1n) is 11.7. The molecular formula is C26H27FN6. The molecule has 0 bridgehead atoms. The summed E-state index contributed by atoms with van der Waals surface area (Å²) in [6.45, 7) is 4.29. The van der Waals surface area contributed by atoms with Gasteiger partial charge in [0.1, 0.15) is 17.3 Å². The highest BCUT2D eigenvalue weighted by Gasteiger charge is 2.37. The third-order valence-corrected chi connectivity index (χ3v) is 7.18. The Morgan fingerprint density at radius 1 is 0.879 bits per heavy atom. The van der Waals surface area contributed by atoms with Gasteiger partial charge in [-0.1, -0.05) is 0 Å². The average Bonchev–Trinajstić information content (AvgIpc) is 3.24. The molecule has 0 unspecified atom stereocenters. The molecule has 7 heteroatoms. The standard InChI is InChI=1S/C26H27FN6/c27-21-4-2-19(3-5-21)24-25(20-8-13-28-14-9-20)33-22(30-24)6-7-23(31-33)32-17-1-10-26(18-32)11-15-29-16-12-26/h2-9,13-14,29H,1,10-12,15-18H2. The molecule has 6 rings (SSSR count). The lowest BCUT2D eigenvalue weighted by atomic mass is 9.73. The van der Waals surface area contributed by atoms with E-state index in [0.29, 0.717) is 5.41 Å². The van der Waals surface area contributed by atoms with Gasteiger partial charge in [0.05, 0.1) is 5.69 Å². The van der Waals surface area contributed by atoms with Crippen LogP contribution in [-0.2, 0) is 0 Å². The maximum Gasteiger partial charge on any atom is 0.155 e. The van der Waals surface area contributed by atoms with Gasteiger partial charge in [0.15, 0.2) is 5.65 Å². The Balaban J connectivity index is 1.45. The van der Waals surface area contributed by atoms with Gasteiger partial charge in [0.2, 0.25) is 0 Å². The first kappa shape index (κ1) is 20.3. The number of hydrogen-bond donors (Lipinski definition) is 1. The van der Waals surface area contributed by atoms with E-state index in [1.165, 1.54) is 37.8 Å². The van der Waals surface area contributed by atoms with Crippen molar-refractivity contribution in [1.82, 2.24) is 24.9 Å². The molecule has 4 aromatic rings. The summed E-state index contributed by atoms with van der Waals surface area (Å²) in [5.74, 6) is 0.726. The molecule has 0 aliphatic carbocycles. The quantitative estimate of drug-likeness (QED) is 0.504. The third kappa shape index (κ3) is 3.76. The van der Waals surface area contributed by atoms with Crippen molar-refractivity contribution in [1.29, 1.82) is 0 Å². The monoisotopic (exact) mass is 442 g/mol. The molecule has 5 heterocycles. The first-order valence-corrected chi connectivity index (χ1v) is 11.7. The Morgan fingerprint density at radius 2 is 1.67 bits per heavy atom. The molecule has 2 aliphatic heterocycles. The molecule has 1 N–H and O–H groups in total. The number of fused-ring (bicyclic) bond motifs is 1. The highest BCUT2D eigenvalue weighted by Crippen LogP contribution is 2.39. The molecule has 2 saturated heterocycles. The second-order valence-electron chi connectivity index (χ2n) is 9.29. The number of halogens is 1. The van der Waals surface area contributed by atoms with E-state index < -0.39 is 0 Å². The SMILES string of the molecule is Fc1ccc(-c2nc3ccc(N4CCCC5(CCNCC5)C4)nn3c2-c2ccncc2)cc1. The van der Waals surface area contributed by atoms with Crippen LogP contribution < -0.4 is 10.2 Å². The Morgan fingerprint density at radius 3 is 2.45 bits per heavy atom. The minimum absolute atomic E-state index is 0.259. The number of piperidine rings is 2. The Kier molecular flexibility index (Phi) is 5.06. The number of anilines is 1. The maximum absolute atomic E-state index is 13.6. The average molecular weight is 443 g/mol. The minimum Gasteiger partial charge on any atom is -0.355 e. The zero-order chi connectivity index (χ0) is 22.3. The molecule has 1 aromatic carbocycles. The van der Waals surface area contributed by atoms with Crippen molar-refractivity contribution in [3.63, 3.8) is 0 Å². The zero-order valence-electron chi connectivity index (χ0n) is 18.5. The van der Waals surface area contributed by atoms with Gasteiger partial charge in [-0.3, -0.25) is 4.98 Å². The first-order chi connectivity index (χ1) is 16.2. The predicted molar refractivity (Wildman–Crippen MR) is 128 cm³/mol. The number of rotatable bonds is 3. The highest BCUT2D eigenvalue weighted by molar-refractivity contribution is 5.81. The third-order valence-electron chi connectivity index (χ3n) is 7.18. The van der Waals surface area contributed by atoms with E-state index in [0.717, 1.165) is 60.2 Å². The molecule has 2 fully saturated rings. The van der Waals surface area contributed by atoms with Crippen LogP contribution in [0.25, 0.3) is 28.2 Å². The lowest BCUT2D eigenvalue weighted by Crippen LogP contribution is -2.48. The maximum atomic E-state index is 13.6. The number of nitrogens with zero attached hydrogens (tertiary/aromatic N) is 5. The fraction of sp³-hybridized carbons (Fsp3) is 0.346. The van der Waals surface area contributed by atoms with Crippen LogP contribution in [0.5, 0.6) is 0 Å². The van der Waals surface area contributed by atoms with Crippen LogP contribution in [0.2, 0.25) is 0 Å². The van der Waals surface area contributed by atoms with Crippen molar-refractivity contribution < 1.29 is 4.39 Å². The number of imidazole rings is 1. The number of pyridine rings is 1. The van der Waals surface area contributed by atoms with E-state index in [2.05, 4.69) is 21.3 Å². The van der Waals surface area contributed by atoms with E-state index in [1.54, 1.807) is 24.5 Å². The molecule has 1 spiro atoms. The summed E-state index contributed by atoms with van der Waals surface area (Å²) in [6, 6.07) is 14.6. The van der Waals surface area contributed by atoms with Crippen LogP contribution in [-0.4, -0.2) is 45.8 Å². The lowest BCUT2D eigenvalue weighted by molar-refractivity contribution is 0.166. The van der Waals surface area contributed by atoms with Crippen LogP contribution in [0.3, 0.4) is 0 Å². The molecule has 168 valence electrons. The van der Waals surface area contributed by atoms with Crippen LogP contribution in [0.4, 0.5) is 10.2 Å². The second kappa shape index (κ2) is 8.23. The van der Waals surface area contributed by atoms with Gasteiger partial charge >= 0.3 is 0 Å². The molecule has 0 amide bonds. The molecular weight excluding hydrogens is 415 g/mol. The second-order valence-corrected chi connectivity index (χ2v) is 9.29. The number of nitrogens with one attached hydrogen (secondary N) is 1. The fourth-order valence-corrected chi connectivity index (χ4v) is 5.44. The van der Waals surface area contributed by atoms with Crippen molar-refractivity contribution in [2.75, 3.05) is 31.1 Å². The predicted octanol–water partition coefficient (Wildman–Crippen LogP) is 4.57. The highest BCUT2D eigenvalue weighted by atomic mass is 19.1. The van der Waals surface area contributed by atoms with Crippen molar-refractivity contribution in [3.8, 4) is 22.5 Å². The molecule has 33 heavy (non-hydrogen) atoms. The van der Waals surface area contributed by atoms with E-state index in [1.807, 2.05) is 22.7 Å². The molecule has 0 saturated carbocycles. The van der Waals surface area contributed by atoms with E-state index in [-0.39, 0.29) is 5.82 Å². The smallest absolute Gasteiger partial charge is 0.155 e. The summed E-state index contributed by atoms with van der Waals surface area (Å²) >= 11 is 0. The summed E-state index contributed by atoms with van der Waals surface area (Å²) in [7, 11) is 0.